The van der Waals surface area contributed by atoms with Gasteiger partial charge in [0.05, 0.1) is 11.4 Å². The minimum absolute atomic E-state index is 1.11. The Morgan fingerprint density at radius 3 is 2.60 bits per heavy atom. The second kappa shape index (κ2) is 4.30. The number of para-hydroxylation sites is 1. The lowest BCUT2D eigenvalue weighted by Gasteiger charge is -1.98. The Morgan fingerprint density at radius 2 is 1.93 bits per heavy atom. The summed E-state index contributed by atoms with van der Waals surface area (Å²) in [6.45, 7) is 4.27. The Morgan fingerprint density at radius 1 is 1.20 bits per heavy atom. The lowest BCUT2D eigenvalue weighted by atomic mass is 10.1. The molecule has 15 heavy (non-hydrogen) atoms. The minimum atomic E-state index is 1.11. The summed E-state index contributed by atoms with van der Waals surface area (Å²) in [5, 5.41) is 4.52. The number of nitrogens with zero attached hydrogens (tertiary/aromatic N) is 2. The number of benzene rings is 1. The molecule has 0 radical (unpaired) electrons. The maximum absolute atomic E-state index is 4.52. The molecule has 0 saturated heterocycles. The van der Waals surface area contributed by atoms with Crippen LogP contribution in [0.2, 0.25) is 0 Å². The predicted octanol–water partition coefficient (Wildman–Crippen LogP) is 3.13. The van der Waals surface area contributed by atoms with Crippen LogP contribution in [0.1, 0.15) is 24.6 Å². The molecule has 0 spiro atoms. The molecule has 1 aromatic carbocycles. The van der Waals surface area contributed by atoms with Gasteiger partial charge < -0.3 is 0 Å². The van der Waals surface area contributed by atoms with E-state index in [1.807, 2.05) is 22.9 Å². The first kappa shape index (κ1) is 9.97. The van der Waals surface area contributed by atoms with Gasteiger partial charge in [0.1, 0.15) is 0 Å². The van der Waals surface area contributed by atoms with Gasteiger partial charge in [0.2, 0.25) is 0 Å². The lowest BCUT2D eigenvalue weighted by Crippen LogP contribution is -1.93. The van der Waals surface area contributed by atoms with E-state index < -0.39 is 0 Å². The van der Waals surface area contributed by atoms with E-state index in [-0.39, 0.29) is 0 Å². The highest BCUT2D eigenvalue weighted by atomic mass is 15.3. The van der Waals surface area contributed by atoms with Gasteiger partial charge in [-0.2, -0.15) is 5.10 Å². The summed E-state index contributed by atoms with van der Waals surface area (Å²) < 4.78 is 1.96. The van der Waals surface area contributed by atoms with Crippen molar-refractivity contribution < 1.29 is 0 Å². The van der Waals surface area contributed by atoms with Crippen molar-refractivity contribution >= 4 is 0 Å². The monoisotopic (exact) mass is 200 g/mol. The summed E-state index contributed by atoms with van der Waals surface area (Å²) in [5.74, 6) is 0. The zero-order valence-corrected chi connectivity index (χ0v) is 9.27. The van der Waals surface area contributed by atoms with Crippen LogP contribution in [0.5, 0.6) is 0 Å². The third-order valence-corrected chi connectivity index (χ3v) is 2.54. The van der Waals surface area contributed by atoms with Gasteiger partial charge >= 0.3 is 0 Å². The molecular formula is C13H16N2. The standard InChI is InChI=1S/C13H16N2/c1-3-7-12-10-15(14-11(12)2)13-8-5-4-6-9-13/h4-6,8-10H,3,7H2,1-2H3. The normalized spacial score (nSPS) is 10.5. The minimum Gasteiger partial charge on any atom is -0.240 e. The van der Waals surface area contributed by atoms with Gasteiger partial charge in [-0.25, -0.2) is 4.68 Å². The van der Waals surface area contributed by atoms with Crippen LogP contribution in [-0.4, -0.2) is 9.78 Å². The number of hydrogen-bond donors (Lipinski definition) is 0. The van der Waals surface area contributed by atoms with E-state index in [4.69, 9.17) is 0 Å². The van der Waals surface area contributed by atoms with E-state index in [9.17, 15) is 0 Å². The van der Waals surface area contributed by atoms with E-state index in [1.165, 1.54) is 12.0 Å². The number of aromatic nitrogens is 2. The van der Waals surface area contributed by atoms with Crippen molar-refractivity contribution in [2.75, 3.05) is 0 Å². The summed E-state index contributed by atoms with van der Waals surface area (Å²) in [7, 11) is 0. The molecular weight excluding hydrogens is 184 g/mol. The van der Waals surface area contributed by atoms with E-state index in [1.54, 1.807) is 0 Å². The highest BCUT2D eigenvalue weighted by molar-refractivity contribution is 5.32. The van der Waals surface area contributed by atoms with E-state index >= 15 is 0 Å². The van der Waals surface area contributed by atoms with Gasteiger partial charge in [-0.1, -0.05) is 31.5 Å². The van der Waals surface area contributed by atoms with Crippen LogP contribution in [-0.2, 0) is 6.42 Å². The van der Waals surface area contributed by atoms with Gasteiger partial charge in [-0.3, -0.25) is 0 Å². The third-order valence-electron chi connectivity index (χ3n) is 2.54. The van der Waals surface area contributed by atoms with Crippen LogP contribution in [0.4, 0.5) is 0 Å². The fourth-order valence-electron chi connectivity index (χ4n) is 1.72. The Balaban J connectivity index is 2.34. The molecule has 0 atom stereocenters. The molecule has 2 aromatic rings. The van der Waals surface area contributed by atoms with Crippen molar-refractivity contribution in [3.8, 4) is 5.69 Å². The van der Waals surface area contributed by atoms with Gasteiger partial charge in [0, 0.05) is 6.20 Å². The molecule has 0 amide bonds. The third kappa shape index (κ3) is 2.09. The van der Waals surface area contributed by atoms with Gasteiger partial charge in [0.15, 0.2) is 0 Å². The Labute approximate surface area is 90.6 Å². The van der Waals surface area contributed by atoms with Crippen LogP contribution >= 0.6 is 0 Å². The Kier molecular flexibility index (Phi) is 2.86. The summed E-state index contributed by atoms with van der Waals surface area (Å²) in [4.78, 5) is 0. The second-order valence-corrected chi connectivity index (χ2v) is 3.77. The molecule has 2 rings (SSSR count). The van der Waals surface area contributed by atoms with Crippen LogP contribution < -0.4 is 0 Å². The molecule has 2 nitrogen and oxygen atoms in total. The van der Waals surface area contributed by atoms with Gasteiger partial charge in [-0.15, -0.1) is 0 Å². The smallest absolute Gasteiger partial charge is 0.0645 e. The molecule has 0 aliphatic rings. The molecule has 0 bridgehead atoms. The van der Waals surface area contributed by atoms with Crippen molar-refractivity contribution in [2.24, 2.45) is 0 Å². The summed E-state index contributed by atoms with van der Waals surface area (Å²) in [5.41, 5.74) is 3.62. The fourth-order valence-corrected chi connectivity index (χ4v) is 1.72. The maximum Gasteiger partial charge on any atom is 0.0645 e. The van der Waals surface area contributed by atoms with Crippen molar-refractivity contribution in [1.82, 2.24) is 9.78 Å². The van der Waals surface area contributed by atoms with Crippen molar-refractivity contribution in [2.45, 2.75) is 26.7 Å². The van der Waals surface area contributed by atoms with Gasteiger partial charge in [-0.05, 0) is 31.0 Å². The molecule has 0 saturated carbocycles. The molecule has 0 aliphatic heterocycles. The van der Waals surface area contributed by atoms with Crippen molar-refractivity contribution in [3.05, 3.63) is 47.8 Å². The van der Waals surface area contributed by atoms with E-state index in [0.29, 0.717) is 0 Å². The molecule has 2 heteroatoms. The number of rotatable bonds is 3. The second-order valence-electron chi connectivity index (χ2n) is 3.77. The molecule has 0 unspecified atom stereocenters. The number of hydrogen-bond acceptors (Lipinski definition) is 1. The largest absolute Gasteiger partial charge is 0.240 e. The first-order valence-corrected chi connectivity index (χ1v) is 5.42. The maximum atomic E-state index is 4.52. The Hall–Kier alpha value is -1.57. The zero-order valence-electron chi connectivity index (χ0n) is 9.27. The first-order chi connectivity index (χ1) is 7.31. The van der Waals surface area contributed by atoms with Crippen molar-refractivity contribution in [3.63, 3.8) is 0 Å². The molecule has 1 aromatic heterocycles. The highest BCUT2D eigenvalue weighted by Gasteiger charge is 2.04. The van der Waals surface area contributed by atoms with E-state index in [2.05, 4.69) is 37.3 Å². The summed E-state index contributed by atoms with van der Waals surface area (Å²) >= 11 is 0. The van der Waals surface area contributed by atoms with Crippen molar-refractivity contribution in [1.29, 1.82) is 0 Å². The van der Waals surface area contributed by atoms with Crippen LogP contribution in [0.15, 0.2) is 36.5 Å². The summed E-state index contributed by atoms with van der Waals surface area (Å²) in [6, 6.07) is 10.2. The summed E-state index contributed by atoms with van der Waals surface area (Å²) in [6.07, 6.45) is 4.41. The van der Waals surface area contributed by atoms with Crippen LogP contribution in [0, 0.1) is 6.92 Å². The molecule has 0 N–H and O–H groups in total. The highest BCUT2D eigenvalue weighted by Crippen LogP contribution is 2.12. The molecule has 1 heterocycles. The quantitative estimate of drug-likeness (QED) is 0.744. The average Bonchev–Trinajstić information content (AvgIpc) is 2.63. The topological polar surface area (TPSA) is 17.8 Å². The number of aryl methyl sites for hydroxylation is 2. The van der Waals surface area contributed by atoms with Crippen LogP contribution in [0.3, 0.4) is 0 Å². The first-order valence-electron chi connectivity index (χ1n) is 5.42. The Bertz CT molecular complexity index is 429. The predicted molar refractivity (Wildman–Crippen MR) is 62.3 cm³/mol. The zero-order chi connectivity index (χ0) is 10.7. The fraction of sp³-hybridized carbons (Fsp3) is 0.308. The van der Waals surface area contributed by atoms with Gasteiger partial charge in [0.25, 0.3) is 0 Å². The lowest BCUT2D eigenvalue weighted by molar-refractivity contribution is 0.863. The average molecular weight is 200 g/mol. The SMILES string of the molecule is CCCc1cn(-c2ccccc2)nc1C. The van der Waals surface area contributed by atoms with Crippen LogP contribution in [0.25, 0.3) is 5.69 Å². The van der Waals surface area contributed by atoms with E-state index in [0.717, 1.165) is 17.8 Å². The molecule has 78 valence electrons. The molecule has 0 aliphatic carbocycles. The molecule has 0 fully saturated rings.